The highest BCUT2D eigenvalue weighted by molar-refractivity contribution is 5.11. The van der Waals surface area contributed by atoms with Crippen molar-refractivity contribution in [2.45, 2.75) is 40.0 Å². The molecule has 2 rings (SSSR count). The van der Waals surface area contributed by atoms with Gasteiger partial charge in [0.15, 0.2) is 0 Å². The van der Waals surface area contributed by atoms with Gasteiger partial charge in [-0.15, -0.1) is 5.10 Å². The van der Waals surface area contributed by atoms with Crippen LogP contribution < -0.4 is 0 Å². The molecular weight excluding hydrogens is 218 g/mol. The molecule has 0 aromatic carbocycles. The second kappa shape index (κ2) is 5.09. The van der Waals surface area contributed by atoms with E-state index in [1.807, 2.05) is 4.68 Å². The summed E-state index contributed by atoms with van der Waals surface area (Å²) in [6.07, 6.45) is 2.68. The topological polar surface area (TPSA) is 68.8 Å². The number of nitrogens with zero attached hydrogens (tertiary/aromatic N) is 5. The minimum absolute atomic E-state index is 0.0761. The van der Waals surface area contributed by atoms with Gasteiger partial charge in [0.05, 0.1) is 30.7 Å². The predicted molar refractivity (Wildman–Crippen MR) is 62.3 cm³/mol. The molecule has 92 valence electrons. The molecule has 2 aromatic heterocycles. The van der Waals surface area contributed by atoms with E-state index in [-0.39, 0.29) is 6.61 Å². The molecule has 0 bridgehead atoms. The van der Waals surface area contributed by atoms with Gasteiger partial charge in [-0.2, -0.15) is 5.10 Å². The Morgan fingerprint density at radius 2 is 2.12 bits per heavy atom. The molecule has 6 heteroatoms. The molecule has 2 aromatic rings. The average Bonchev–Trinajstić information content (AvgIpc) is 2.95. The molecule has 1 N–H and O–H groups in total. The smallest absolute Gasteiger partial charge is 0.108 e. The van der Waals surface area contributed by atoms with Crippen LogP contribution in [0.1, 0.15) is 30.9 Å². The van der Waals surface area contributed by atoms with Crippen LogP contribution in [0.25, 0.3) is 0 Å². The van der Waals surface area contributed by atoms with Crippen LogP contribution in [0.15, 0.2) is 12.3 Å². The first-order valence-electron chi connectivity index (χ1n) is 5.82. The van der Waals surface area contributed by atoms with Gasteiger partial charge in [-0.3, -0.25) is 4.68 Å². The van der Waals surface area contributed by atoms with Crippen LogP contribution in [0.4, 0.5) is 0 Å². The molecule has 17 heavy (non-hydrogen) atoms. The molecule has 0 radical (unpaired) electrons. The summed E-state index contributed by atoms with van der Waals surface area (Å²) in [5, 5.41) is 21.2. The van der Waals surface area contributed by atoms with Crippen molar-refractivity contribution >= 4 is 0 Å². The predicted octanol–water partition coefficient (Wildman–Crippen LogP) is 0.597. The van der Waals surface area contributed by atoms with Gasteiger partial charge < -0.3 is 5.11 Å². The third-order valence-corrected chi connectivity index (χ3v) is 2.65. The number of rotatable bonds is 5. The number of aliphatic hydroxyl groups excluding tert-OH is 1. The third-order valence-electron chi connectivity index (χ3n) is 2.65. The Kier molecular flexibility index (Phi) is 3.53. The minimum atomic E-state index is -0.0761. The Labute approximate surface area is 99.9 Å². The van der Waals surface area contributed by atoms with Gasteiger partial charge in [-0.25, -0.2) is 4.68 Å². The summed E-state index contributed by atoms with van der Waals surface area (Å²) in [4.78, 5) is 0. The maximum Gasteiger partial charge on any atom is 0.108 e. The highest BCUT2D eigenvalue weighted by Crippen LogP contribution is 2.07. The van der Waals surface area contributed by atoms with Crippen molar-refractivity contribution in [3.8, 4) is 0 Å². The number of aryl methyl sites for hydroxylation is 2. The SMILES string of the molecule is CCc1cc(Cn2cc(CO)nn2)n(CC)n1. The third kappa shape index (κ3) is 2.52. The van der Waals surface area contributed by atoms with Crippen LogP contribution in [-0.2, 0) is 26.1 Å². The van der Waals surface area contributed by atoms with E-state index in [0.717, 1.165) is 24.4 Å². The molecule has 6 nitrogen and oxygen atoms in total. The summed E-state index contributed by atoms with van der Waals surface area (Å²) >= 11 is 0. The Morgan fingerprint density at radius 3 is 2.71 bits per heavy atom. The summed E-state index contributed by atoms with van der Waals surface area (Å²) < 4.78 is 3.69. The lowest BCUT2D eigenvalue weighted by Crippen LogP contribution is -2.08. The summed E-state index contributed by atoms with van der Waals surface area (Å²) in [6, 6.07) is 2.09. The van der Waals surface area contributed by atoms with Crippen molar-refractivity contribution < 1.29 is 5.11 Å². The van der Waals surface area contributed by atoms with Crippen molar-refractivity contribution in [3.05, 3.63) is 29.3 Å². The monoisotopic (exact) mass is 235 g/mol. The molecule has 0 fully saturated rings. The van der Waals surface area contributed by atoms with Gasteiger partial charge in [-0.05, 0) is 19.4 Å². The molecular formula is C11H17N5O. The van der Waals surface area contributed by atoms with Crippen LogP contribution >= 0.6 is 0 Å². The summed E-state index contributed by atoms with van der Waals surface area (Å²) in [6.45, 7) is 5.56. The molecule has 0 spiro atoms. The van der Waals surface area contributed by atoms with Gasteiger partial charge in [0.2, 0.25) is 0 Å². The molecule has 2 heterocycles. The lowest BCUT2D eigenvalue weighted by atomic mass is 10.3. The van der Waals surface area contributed by atoms with Crippen LogP contribution in [-0.4, -0.2) is 29.9 Å². The number of aromatic nitrogens is 5. The van der Waals surface area contributed by atoms with E-state index >= 15 is 0 Å². The Morgan fingerprint density at radius 1 is 1.29 bits per heavy atom. The van der Waals surface area contributed by atoms with E-state index in [1.165, 1.54) is 0 Å². The van der Waals surface area contributed by atoms with Gasteiger partial charge in [0.25, 0.3) is 0 Å². The van der Waals surface area contributed by atoms with Crippen molar-refractivity contribution in [1.82, 2.24) is 24.8 Å². The second-order valence-corrected chi connectivity index (χ2v) is 3.86. The fraction of sp³-hybridized carbons (Fsp3) is 0.545. The van der Waals surface area contributed by atoms with Crippen molar-refractivity contribution in [2.75, 3.05) is 0 Å². The quantitative estimate of drug-likeness (QED) is 0.824. The molecule has 0 atom stereocenters. The fourth-order valence-electron chi connectivity index (χ4n) is 1.74. The molecule has 0 saturated carbocycles. The normalized spacial score (nSPS) is 11.0. The zero-order valence-electron chi connectivity index (χ0n) is 10.2. The summed E-state index contributed by atoms with van der Waals surface area (Å²) in [5.74, 6) is 0. The van der Waals surface area contributed by atoms with E-state index in [0.29, 0.717) is 12.2 Å². The highest BCUT2D eigenvalue weighted by atomic mass is 16.3. The highest BCUT2D eigenvalue weighted by Gasteiger charge is 2.07. The number of hydrogen-bond donors (Lipinski definition) is 1. The van der Waals surface area contributed by atoms with Crippen molar-refractivity contribution in [3.63, 3.8) is 0 Å². The van der Waals surface area contributed by atoms with E-state index in [2.05, 4.69) is 35.3 Å². The molecule has 0 aliphatic carbocycles. The standard InChI is InChI=1S/C11H17N5O/c1-3-9-5-11(16(4-2)13-9)7-15-6-10(8-17)12-14-15/h5-6,17H,3-4,7-8H2,1-2H3. The molecule has 0 aliphatic heterocycles. The van der Waals surface area contributed by atoms with Crippen LogP contribution in [0, 0.1) is 0 Å². The first-order valence-corrected chi connectivity index (χ1v) is 5.82. The fourth-order valence-corrected chi connectivity index (χ4v) is 1.74. The Balaban J connectivity index is 2.19. The van der Waals surface area contributed by atoms with Crippen LogP contribution in [0.5, 0.6) is 0 Å². The lowest BCUT2D eigenvalue weighted by Gasteiger charge is -2.03. The van der Waals surface area contributed by atoms with E-state index in [1.54, 1.807) is 10.9 Å². The van der Waals surface area contributed by atoms with E-state index in [4.69, 9.17) is 5.11 Å². The zero-order chi connectivity index (χ0) is 12.3. The van der Waals surface area contributed by atoms with Gasteiger partial charge in [0, 0.05) is 6.54 Å². The molecule has 0 amide bonds. The zero-order valence-corrected chi connectivity index (χ0v) is 10.2. The maximum absolute atomic E-state index is 8.93. The molecule has 0 saturated heterocycles. The van der Waals surface area contributed by atoms with Gasteiger partial charge >= 0.3 is 0 Å². The van der Waals surface area contributed by atoms with Crippen molar-refractivity contribution in [2.24, 2.45) is 0 Å². The largest absolute Gasteiger partial charge is 0.390 e. The maximum atomic E-state index is 8.93. The Hall–Kier alpha value is -1.69. The first-order chi connectivity index (χ1) is 8.26. The molecule has 0 aliphatic rings. The molecule has 0 unspecified atom stereocenters. The number of aliphatic hydroxyl groups is 1. The van der Waals surface area contributed by atoms with Gasteiger partial charge in [0.1, 0.15) is 5.69 Å². The van der Waals surface area contributed by atoms with Crippen molar-refractivity contribution in [1.29, 1.82) is 0 Å². The first kappa shape index (κ1) is 11.8. The summed E-state index contributed by atoms with van der Waals surface area (Å²) in [7, 11) is 0. The second-order valence-electron chi connectivity index (χ2n) is 3.86. The lowest BCUT2D eigenvalue weighted by molar-refractivity contribution is 0.276. The van der Waals surface area contributed by atoms with Crippen LogP contribution in [0.3, 0.4) is 0 Å². The van der Waals surface area contributed by atoms with E-state index in [9.17, 15) is 0 Å². The van der Waals surface area contributed by atoms with Crippen LogP contribution in [0.2, 0.25) is 0 Å². The number of hydrogen-bond acceptors (Lipinski definition) is 4. The summed E-state index contributed by atoms with van der Waals surface area (Å²) in [5.41, 5.74) is 2.78. The Bertz CT molecular complexity index is 488. The van der Waals surface area contributed by atoms with E-state index < -0.39 is 0 Å². The minimum Gasteiger partial charge on any atom is -0.390 e. The van der Waals surface area contributed by atoms with Gasteiger partial charge in [-0.1, -0.05) is 12.1 Å². The average molecular weight is 235 g/mol.